The molecule has 0 unspecified atom stereocenters. The Labute approximate surface area is 184 Å². The van der Waals surface area contributed by atoms with Gasteiger partial charge in [-0.3, -0.25) is 25.0 Å². The normalized spacial score (nSPS) is 19.9. The van der Waals surface area contributed by atoms with Gasteiger partial charge in [0.05, 0.1) is 19.1 Å². The van der Waals surface area contributed by atoms with Gasteiger partial charge in [-0.05, 0) is 30.2 Å². The molecule has 1 saturated heterocycles. The molecule has 0 aromatic heterocycles. The number of hydrogen-bond donors (Lipinski definition) is 2. The molecule has 0 radical (unpaired) electrons. The molecule has 1 aliphatic heterocycles. The highest BCUT2D eigenvalue weighted by Crippen LogP contribution is 2.25. The van der Waals surface area contributed by atoms with Crippen molar-refractivity contribution in [3.8, 4) is 0 Å². The number of likely N-dealkylation sites (N-methyl/N-ethyl adjacent to an activating group) is 1. The molecule has 170 valence electrons. The molecule has 32 heavy (non-hydrogen) atoms. The van der Waals surface area contributed by atoms with Crippen LogP contribution in [0.1, 0.15) is 24.2 Å². The zero-order valence-corrected chi connectivity index (χ0v) is 17.8. The van der Waals surface area contributed by atoms with Crippen LogP contribution in [0.2, 0.25) is 0 Å². The first-order valence-electron chi connectivity index (χ1n) is 10.2. The summed E-state index contributed by atoms with van der Waals surface area (Å²) in [5.74, 6) is -3.24. The summed E-state index contributed by atoms with van der Waals surface area (Å²) in [5, 5.41) is 5.18. The number of halogens is 2. The molecule has 3 rings (SSSR count). The third-order valence-electron chi connectivity index (χ3n) is 5.17. The van der Waals surface area contributed by atoms with Crippen molar-refractivity contribution in [2.75, 3.05) is 20.2 Å². The highest BCUT2D eigenvalue weighted by atomic mass is 19.1. The summed E-state index contributed by atoms with van der Waals surface area (Å²) in [4.78, 5) is 39.2. The van der Waals surface area contributed by atoms with Gasteiger partial charge in [0.1, 0.15) is 23.8 Å². The smallest absolute Gasteiger partial charge is 0.243 e. The van der Waals surface area contributed by atoms with Crippen molar-refractivity contribution in [2.24, 2.45) is 0 Å². The van der Waals surface area contributed by atoms with Crippen molar-refractivity contribution in [3.05, 3.63) is 71.3 Å². The van der Waals surface area contributed by atoms with E-state index >= 15 is 0 Å². The number of amides is 3. The van der Waals surface area contributed by atoms with Gasteiger partial charge in [0.25, 0.3) is 0 Å². The minimum atomic E-state index is -0.918. The Bertz CT molecular complexity index is 966. The predicted molar refractivity (Wildman–Crippen MR) is 112 cm³/mol. The largest absolute Gasteiger partial charge is 0.369 e. The van der Waals surface area contributed by atoms with E-state index in [0.717, 1.165) is 17.7 Å². The first-order chi connectivity index (χ1) is 15.2. The Morgan fingerprint density at radius 3 is 2.47 bits per heavy atom. The molecule has 0 spiro atoms. The van der Waals surface area contributed by atoms with Crippen LogP contribution in [0.15, 0.2) is 48.5 Å². The predicted octanol–water partition coefficient (Wildman–Crippen LogP) is 1.73. The maximum absolute atomic E-state index is 13.3. The van der Waals surface area contributed by atoms with Gasteiger partial charge in [0.15, 0.2) is 0 Å². The molecular formula is C23H25F2N3O4. The third-order valence-corrected chi connectivity index (χ3v) is 5.17. The summed E-state index contributed by atoms with van der Waals surface area (Å²) in [5.41, 5.74) is 0.886. The van der Waals surface area contributed by atoms with Crippen LogP contribution >= 0.6 is 0 Å². The average Bonchev–Trinajstić information content (AvgIpc) is 2.87. The van der Waals surface area contributed by atoms with Crippen molar-refractivity contribution in [2.45, 2.75) is 31.5 Å². The highest BCUT2D eigenvalue weighted by molar-refractivity contribution is 5.98. The van der Waals surface area contributed by atoms with Crippen molar-refractivity contribution < 1.29 is 27.9 Å². The number of carbonyl (C=O) groups is 3. The summed E-state index contributed by atoms with van der Waals surface area (Å²) in [6.45, 7) is 2.26. The van der Waals surface area contributed by atoms with E-state index in [9.17, 15) is 23.2 Å². The average molecular weight is 445 g/mol. The molecule has 7 nitrogen and oxygen atoms in total. The van der Waals surface area contributed by atoms with Gasteiger partial charge >= 0.3 is 0 Å². The van der Waals surface area contributed by atoms with Gasteiger partial charge in [-0.15, -0.1) is 0 Å². The van der Waals surface area contributed by atoms with Crippen LogP contribution in [0, 0.1) is 11.6 Å². The van der Waals surface area contributed by atoms with Crippen molar-refractivity contribution in [1.82, 2.24) is 15.5 Å². The van der Waals surface area contributed by atoms with E-state index in [4.69, 9.17) is 4.74 Å². The molecule has 2 aromatic carbocycles. The van der Waals surface area contributed by atoms with E-state index in [1.807, 2.05) is 30.3 Å². The summed E-state index contributed by atoms with van der Waals surface area (Å²) >= 11 is 0. The van der Waals surface area contributed by atoms with Crippen LogP contribution < -0.4 is 10.6 Å². The Morgan fingerprint density at radius 1 is 1.16 bits per heavy atom. The quantitative estimate of drug-likeness (QED) is 0.707. The maximum Gasteiger partial charge on any atom is 0.243 e. The van der Waals surface area contributed by atoms with Crippen LogP contribution in [0.5, 0.6) is 0 Å². The molecule has 1 aliphatic rings. The molecule has 1 fully saturated rings. The van der Waals surface area contributed by atoms with Crippen LogP contribution in [0.25, 0.3) is 0 Å². The molecular weight excluding hydrogens is 420 g/mol. The van der Waals surface area contributed by atoms with Crippen molar-refractivity contribution in [1.29, 1.82) is 0 Å². The first kappa shape index (κ1) is 23.5. The van der Waals surface area contributed by atoms with Gasteiger partial charge in [-0.25, -0.2) is 8.78 Å². The number of nitrogens with one attached hydrogen (secondary N) is 2. The number of imide groups is 1. The molecule has 2 aromatic rings. The van der Waals surface area contributed by atoms with E-state index in [-0.39, 0.29) is 17.9 Å². The summed E-state index contributed by atoms with van der Waals surface area (Å²) in [6.07, 6.45) is -0.983. The Hall–Kier alpha value is -3.17. The summed E-state index contributed by atoms with van der Waals surface area (Å²) < 4.78 is 32.5. The molecule has 9 heteroatoms. The Morgan fingerprint density at radius 2 is 1.81 bits per heavy atom. The fourth-order valence-corrected chi connectivity index (χ4v) is 3.51. The first-order valence-corrected chi connectivity index (χ1v) is 10.2. The lowest BCUT2D eigenvalue weighted by atomic mass is 10.00. The monoisotopic (exact) mass is 445 g/mol. The molecule has 0 bridgehead atoms. The second-order valence-electron chi connectivity index (χ2n) is 7.69. The number of benzene rings is 2. The fraction of sp³-hybridized carbons (Fsp3) is 0.348. The van der Waals surface area contributed by atoms with Crippen LogP contribution in [0.3, 0.4) is 0 Å². The summed E-state index contributed by atoms with van der Waals surface area (Å²) in [6, 6.07) is 10.2. The van der Waals surface area contributed by atoms with Crippen LogP contribution in [-0.4, -0.2) is 54.9 Å². The minimum Gasteiger partial charge on any atom is -0.369 e. The molecule has 3 amide bonds. The topological polar surface area (TPSA) is 87.7 Å². The standard InChI is InChI=1S/C23H25F2N3O4/c1-14(22(30)27-19(29)12-15-10-17(24)13-18(25)11-15)26-20-21(16-6-4-3-5-7-16)32-9-8-28(2)23(20)31/h3-7,10-11,13-14,20-21,26H,8-9,12H2,1-2H3,(H,27,29,30)/t14-,20-,21+/m0/s1. The number of carbonyl (C=O) groups excluding carboxylic acids is 3. The lowest BCUT2D eigenvalue weighted by Crippen LogP contribution is -2.55. The van der Waals surface area contributed by atoms with Gasteiger partial charge in [0, 0.05) is 19.7 Å². The van der Waals surface area contributed by atoms with Gasteiger partial charge in [-0.1, -0.05) is 30.3 Å². The number of nitrogens with zero attached hydrogens (tertiary/aromatic N) is 1. The molecule has 2 N–H and O–H groups in total. The molecule has 1 heterocycles. The van der Waals surface area contributed by atoms with E-state index in [2.05, 4.69) is 10.6 Å². The Kier molecular flexibility index (Phi) is 7.66. The van der Waals surface area contributed by atoms with Gasteiger partial charge < -0.3 is 9.64 Å². The molecule has 0 saturated carbocycles. The summed E-state index contributed by atoms with van der Waals surface area (Å²) in [7, 11) is 1.65. The van der Waals surface area contributed by atoms with Gasteiger partial charge in [0.2, 0.25) is 17.7 Å². The lowest BCUT2D eigenvalue weighted by Gasteiger charge is -2.28. The fourth-order valence-electron chi connectivity index (χ4n) is 3.51. The Balaban J connectivity index is 1.68. The van der Waals surface area contributed by atoms with E-state index < -0.39 is 41.6 Å². The van der Waals surface area contributed by atoms with Gasteiger partial charge in [-0.2, -0.15) is 0 Å². The zero-order valence-electron chi connectivity index (χ0n) is 17.8. The third kappa shape index (κ3) is 5.95. The lowest BCUT2D eigenvalue weighted by molar-refractivity contribution is -0.134. The van der Waals surface area contributed by atoms with E-state index in [1.54, 1.807) is 7.05 Å². The number of hydrogen-bond acceptors (Lipinski definition) is 5. The maximum atomic E-state index is 13.3. The van der Waals surface area contributed by atoms with E-state index in [0.29, 0.717) is 19.2 Å². The van der Waals surface area contributed by atoms with Crippen molar-refractivity contribution in [3.63, 3.8) is 0 Å². The van der Waals surface area contributed by atoms with Crippen molar-refractivity contribution >= 4 is 17.7 Å². The highest BCUT2D eigenvalue weighted by Gasteiger charge is 2.37. The molecule has 0 aliphatic carbocycles. The number of rotatable bonds is 6. The minimum absolute atomic E-state index is 0.103. The second kappa shape index (κ2) is 10.4. The molecule has 3 atom stereocenters. The van der Waals surface area contributed by atoms with E-state index in [1.165, 1.54) is 11.8 Å². The zero-order chi connectivity index (χ0) is 23.3. The second-order valence-corrected chi connectivity index (χ2v) is 7.69. The SMILES string of the molecule is C[C@H](N[C@@H]1C(=O)N(C)CCO[C@@H]1c1ccccc1)C(=O)NC(=O)Cc1cc(F)cc(F)c1. The van der Waals surface area contributed by atoms with Crippen LogP contribution in [-0.2, 0) is 25.5 Å². The number of ether oxygens (including phenoxy) is 1. The van der Waals surface area contributed by atoms with Crippen LogP contribution in [0.4, 0.5) is 8.78 Å².